The Kier molecular flexibility index (Phi) is 3.99. The summed E-state index contributed by atoms with van der Waals surface area (Å²) in [5.41, 5.74) is 5.10. The summed E-state index contributed by atoms with van der Waals surface area (Å²) in [6, 6.07) is 7.18. The number of sulfone groups is 1. The number of rotatable bonds is 3. The molecule has 128 valence electrons. The summed E-state index contributed by atoms with van der Waals surface area (Å²) in [6.45, 7) is 0. The van der Waals surface area contributed by atoms with Crippen LogP contribution in [-0.4, -0.2) is 24.5 Å². The van der Waals surface area contributed by atoms with Gasteiger partial charge in [-0.05, 0) is 61.9 Å². The van der Waals surface area contributed by atoms with Crippen LogP contribution in [-0.2, 0) is 22.7 Å². The van der Waals surface area contributed by atoms with Crippen LogP contribution < -0.4 is 0 Å². The van der Waals surface area contributed by atoms with E-state index in [0.29, 0.717) is 10.8 Å². The third kappa shape index (κ3) is 2.79. The maximum atomic E-state index is 11.7. The fourth-order valence-electron chi connectivity index (χ4n) is 4.24. The molecule has 1 aromatic heterocycles. The van der Waals surface area contributed by atoms with Crippen LogP contribution in [0, 0.1) is 0 Å². The number of hydrogen-bond donors (Lipinski definition) is 0. The van der Waals surface area contributed by atoms with Gasteiger partial charge in [-0.1, -0.05) is 19.3 Å². The smallest absolute Gasteiger partial charge is 0.175 e. The van der Waals surface area contributed by atoms with Gasteiger partial charge in [0.25, 0.3) is 0 Å². The molecule has 1 heterocycles. The van der Waals surface area contributed by atoms with Crippen LogP contribution in [0.1, 0.15) is 61.4 Å². The molecule has 0 amide bonds. The number of nitrogens with zero attached hydrogens (tertiary/aromatic N) is 2. The molecule has 0 spiro atoms. The monoisotopic (exact) mass is 344 g/mol. The quantitative estimate of drug-likeness (QED) is 0.851. The maximum absolute atomic E-state index is 11.7. The van der Waals surface area contributed by atoms with Crippen molar-refractivity contribution in [3.63, 3.8) is 0 Å². The summed E-state index contributed by atoms with van der Waals surface area (Å²) in [5, 5.41) is 4.90. The Morgan fingerprint density at radius 3 is 2.38 bits per heavy atom. The Morgan fingerprint density at radius 2 is 1.71 bits per heavy atom. The van der Waals surface area contributed by atoms with Gasteiger partial charge in [-0.3, -0.25) is 0 Å². The molecule has 0 unspecified atom stereocenters. The van der Waals surface area contributed by atoms with Gasteiger partial charge in [-0.25, -0.2) is 13.1 Å². The lowest BCUT2D eigenvalue weighted by Crippen LogP contribution is -2.13. The summed E-state index contributed by atoms with van der Waals surface area (Å²) in [4.78, 5) is 0.366. The molecule has 2 aliphatic rings. The van der Waals surface area contributed by atoms with Crippen molar-refractivity contribution < 1.29 is 8.42 Å². The summed E-state index contributed by atoms with van der Waals surface area (Å²) in [6.07, 6.45) is 11.1. The molecular formula is C19H24N2O2S. The molecule has 0 bridgehead atoms. The highest BCUT2D eigenvalue weighted by atomic mass is 32.2. The second-order valence-electron chi connectivity index (χ2n) is 7.18. The second kappa shape index (κ2) is 6.03. The number of benzene rings is 1. The Hall–Kier alpha value is -1.62. The minimum absolute atomic E-state index is 0.366. The van der Waals surface area contributed by atoms with Crippen molar-refractivity contribution in [1.29, 1.82) is 0 Å². The van der Waals surface area contributed by atoms with Gasteiger partial charge in [-0.2, -0.15) is 5.10 Å². The van der Waals surface area contributed by atoms with Crippen LogP contribution in [0.25, 0.3) is 5.69 Å². The standard InChI is InChI=1S/C19H24N2O2S/c1-24(22,23)16-12-10-15(11-13-16)21-19(14-6-3-2-4-7-14)17-8-5-9-18(17)20-21/h10-14H,2-9H2,1H3. The molecule has 0 N–H and O–H groups in total. The molecule has 1 saturated carbocycles. The SMILES string of the molecule is CS(=O)(=O)c1ccc(-n2nc3c(c2C2CCCCC2)CCC3)cc1. The molecular weight excluding hydrogens is 320 g/mol. The third-order valence-electron chi connectivity index (χ3n) is 5.45. The second-order valence-corrected chi connectivity index (χ2v) is 9.19. The predicted molar refractivity (Wildman–Crippen MR) is 94.5 cm³/mol. The van der Waals surface area contributed by atoms with Gasteiger partial charge in [0.2, 0.25) is 0 Å². The molecule has 1 fully saturated rings. The van der Waals surface area contributed by atoms with Gasteiger partial charge in [0, 0.05) is 12.2 Å². The molecule has 0 saturated heterocycles. The van der Waals surface area contributed by atoms with Crippen molar-refractivity contribution in [2.24, 2.45) is 0 Å². The first-order valence-corrected chi connectivity index (χ1v) is 10.8. The summed E-state index contributed by atoms with van der Waals surface area (Å²) in [5.74, 6) is 0.600. The van der Waals surface area contributed by atoms with Crippen molar-refractivity contribution in [3.05, 3.63) is 41.2 Å². The third-order valence-corrected chi connectivity index (χ3v) is 6.58. The number of hydrogen-bond acceptors (Lipinski definition) is 3. The zero-order valence-electron chi connectivity index (χ0n) is 14.2. The molecule has 0 radical (unpaired) electrons. The number of aromatic nitrogens is 2. The molecule has 0 aliphatic heterocycles. The topological polar surface area (TPSA) is 52.0 Å². The molecule has 2 aliphatic carbocycles. The molecule has 5 heteroatoms. The average molecular weight is 344 g/mol. The minimum Gasteiger partial charge on any atom is -0.237 e. The van der Waals surface area contributed by atoms with Crippen molar-refractivity contribution in [1.82, 2.24) is 9.78 Å². The summed E-state index contributed by atoms with van der Waals surface area (Å²) < 4.78 is 25.5. The van der Waals surface area contributed by atoms with Crippen molar-refractivity contribution >= 4 is 9.84 Å². The zero-order chi connectivity index (χ0) is 16.7. The van der Waals surface area contributed by atoms with Gasteiger partial charge in [0.15, 0.2) is 9.84 Å². The molecule has 0 atom stereocenters. The lowest BCUT2D eigenvalue weighted by molar-refractivity contribution is 0.427. The summed E-state index contributed by atoms with van der Waals surface area (Å²) in [7, 11) is -3.16. The van der Waals surface area contributed by atoms with Crippen LogP contribution in [0.5, 0.6) is 0 Å². The van der Waals surface area contributed by atoms with E-state index in [9.17, 15) is 8.42 Å². The number of fused-ring (bicyclic) bond motifs is 1. The van der Waals surface area contributed by atoms with E-state index in [0.717, 1.165) is 18.5 Å². The van der Waals surface area contributed by atoms with Crippen LogP contribution in [0.3, 0.4) is 0 Å². The Morgan fingerprint density at radius 1 is 1.00 bits per heavy atom. The zero-order valence-corrected chi connectivity index (χ0v) is 15.0. The van der Waals surface area contributed by atoms with E-state index >= 15 is 0 Å². The first kappa shape index (κ1) is 15.9. The fourth-order valence-corrected chi connectivity index (χ4v) is 4.87. The van der Waals surface area contributed by atoms with E-state index in [1.807, 2.05) is 12.1 Å². The molecule has 24 heavy (non-hydrogen) atoms. The van der Waals surface area contributed by atoms with Gasteiger partial charge in [0.05, 0.1) is 22.0 Å². The minimum atomic E-state index is -3.16. The van der Waals surface area contributed by atoms with E-state index < -0.39 is 9.84 Å². The highest BCUT2D eigenvalue weighted by Crippen LogP contribution is 2.39. The Balaban J connectivity index is 1.78. The number of aryl methyl sites for hydroxylation is 1. The van der Waals surface area contributed by atoms with E-state index in [2.05, 4.69) is 4.68 Å². The first-order chi connectivity index (χ1) is 11.5. The fraction of sp³-hybridized carbons (Fsp3) is 0.526. The van der Waals surface area contributed by atoms with Gasteiger partial charge in [0.1, 0.15) is 0 Å². The van der Waals surface area contributed by atoms with E-state index in [1.165, 1.54) is 61.7 Å². The van der Waals surface area contributed by atoms with Gasteiger partial charge >= 0.3 is 0 Å². The molecule has 1 aromatic carbocycles. The van der Waals surface area contributed by atoms with Gasteiger partial charge in [-0.15, -0.1) is 0 Å². The van der Waals surface area contributed by atoms with Crippen molar-refractivity contribution in [3.8, 4) is 5.69 Å². The van der Waals surface area contributed by atoms with Crippen LogP contribution >= 0.6 is 0 Å². The largest absolute Gasteiger partial charge is 0.237 e. The highest BCUT2D eigenvalue weighted by molar-refractivity contribution is 7.90. The molecule has 2 aromatic rings. The van der Waals surface area contributed by atoms with Crippen molar-refractivity contribution in [2.45, 2.75) is 62.2 Å². The molecule has 4 rings (SSSR count). The van der Waals surface area contributed by atoms with Crippen molar-refractivity contribution in [2.75, 3.05) is 6.26 Å². The first-order valence-electron chi connectivity index (χ1n) is 8.95. The maximum Gasteiger partial charge on any atom is 0.175 e. The molecule has 4 nitrogen and oxygen atoms in total. The van der Waals surface area contributed by atoms with Crippen LogP contribution in [0.2, 0.25) is 0 Å². The van der Waals surface area contributed by atoms with E-state index in [1.54, 1.807) is 12.1 Å². The average Bonchev–Trinajstić information content (AvgIpc) is 3.15. The Labute approximate surface area is 143 Å². The van der Waals surface area contributed by atoms with Crippen LogP contribution in [0.15, 0.2) is 29.2 Å². The van der Waals surface area contributed by atoms with E-state index in [4.69, 9.17) is 5.10 Å². The normalized spacial score (nSPS) is 18.7. The Bertz CT molecular complexity index is 844. The highest BCUT2D eigenvalue weighted by Gasteiger charge is 2.29. The van der Waals surface area contributed by atoms with Crippen LogP contribution in [0.4, 0.5) is 0 Å². The lowest BCUT2D eigenvalue weighted by Gasteiger charge is -2.24. The van der Waals surface area contributed by atoms with Gasteiger partial charge < -0.3 is 0 Å². The summed E-state index contributed by atoms with van der Waals surface area (Å²) >= 11 is 0. The van der Waals surface area contributed by atoms with E-state index in [-0.39, 0.29) is 0 Å². The lowest BCUT2D eigenvalue weighted by atomic mass is 9.85. The predicted octanol–water partition coefficient (Wildman–Crippen LogP) is 3.81.